The van der Waals surface area contributed by atoms with Crippen LogP contribution in [0.25, 0.3) is 22.4 Å². The number of hydrogen-bond donors (Lipinski definition) is 1. The lowest BCUT2D eigenvalue weighted by atomic mass is 9.96. The number of benzene rings is 2. The molecule has 0 saturated heterocycles. The molecule has 1 aliphatic heterocycles. The zero-order valence-electron chi connectivity index (χ0n) is 22.9. The Bertz CT molecular complexity index is 1360. The van der Waals surface area contributed by atoms with E-state index in [-0.39, 0.29) is 18.4 Å². The third-order valence-electron chi connectivity index (χ3n) is 6.75. The summed E-state index contributed by atoms with van der Waals surface area (Å²) >= 11 is 0. The van der Waals surface area contributed by atoms with Gasteiger partial charge in [0.2, 0.25) is 5.91 Å². The van der Waals surface area contributed by atoms with E-state index >= 15 is 0 Å². The SMILES string of the molecule is CC(C)CCC(=O)N(Cc1ccc(-c2cc(-c3ccccc3)ccc2C2=NCN=N2)nc1)[C@H](C(=O)O)C(C)C. The second kappa shape index (κ2) is 12.6. The Morgan fingerprint density at radius 2 is 1.72 bits per heavy atom. The molecule has 39 heavy (non-hydrogen) atoms. The summed E-state index contributed by atoms with van der Waals surface area (Å²) in [5.41, 5.74) is 5.33. The fraction of sp³-hybridized carbons (Fsp3) is 0.355. The zero-order valence-corrected chi connectivity index (χ0v) is 22.9. The van der Waals surface area contributed by atoms with E-state index in [0.29, 0.717) is 31.3 Å². The van der Waals surface area contributed by atoms with Crippen molar-refractivity contribution in [3.05, 3.63) is 78.0 Å². The Morgan fingerprint density at radius 1 is 0.949 bits per heavy atom. The predicted octanol–water partition coefficient (Wildman–Crippen LogP) is 6.46. The normalized spacial score (nSPS) is 13.5. The monoisotopic (exact) mass is 525 g/mol. The van der Waals surface area contributed by atoms with Gasteiger partial charge in [0.05, 0.1) is 5.69 Å². The molecule has 2 heterocycles. The van der Waals surface area contributed by atoms with Crippen molar-refractivity contribution in [3.8, 4) is 22.4 Å². The largest absolute Gasteiger partial charge is 0.480 e. The maximum absolute atomic E-state index is 13.2. The molecule has 0 spiro atoms. The van der Waals surface area contributed by atoms with Crippen molar-refractivity contribution in [2.24, 2.45) is 27.1 Å². The highest BCUT2D eigenvalue weighted by Gasteiger charge is 2.32. The first-order valence-electron chi connectivity index (χ1n) is 13.3. The van der Waals surface area contributed by atoms with Gasteiger partial charge in [-0.1, -0.05) is 70.2 Å². The van der Waals surface area contributed by atoms with Gasteiger partial charge in [0, 0.05) is 30.3 Å². The lowest BCUT2D eigenvalue weighted by Crippen LogP contribution is -2.47. The van der Waals surface area contributed by atoms with Crippen molar-refractivity contribution in [2.45, 2.75) is 53.1 Å². The summed E-state index contributed by atoms with van der Waals surface area (Å²) in [7, 11) is 0. The molecule has 4 rings (SSSR count). The highest BCUT2D eigenvalue weighted by atomic mass is 16.4. The van der Waals surface area contributed by atoms with Crippen molar-refractivity contribution in [1.82, 2.24) is 9.88 Å². The van der Waals surface area contributed by atoms with Gasteiger partial charge in [-0.2, -0.15) is 5.11 Å². The van der Waals surface area contributed by atoms with Gasteiger partial charge in [-0.05, 0) is 53.1 Å². The number of carbonyl (C=O) groups excluding carboxylic acids is 1. The molecule has 0 fully saturated rings. The summed E-state index contributed by atoms with van der Waals surface area (Å²) in [4.78, 5) is 35.9. The summed E-state index contributed by atoms with van der Waals surface area (Å²) in [6, 6.07) is 19.1. The van der Waals surface area contributed by atoms with Crippen molar-refractivity contribution >= 4 is 17.7 Å². The van der Waals surface area contributed by atoms with E-state index in [2.05, 4.69) is 47.3 Å². The van der Waals surface area contributed by atoms with Gasteiger partial charge in [0.15, 0.2) is 12.5 Å². The average molecular weight is 526 g/mol. The van der Waals surface area contributed by atoms with Gasteiger partial charge in [0.1, 0.15) is 6.04 Å². The van der Waals surface area contributed by atoms with Crippen LogP contribution < -0.4 is 0 Å². The molecule has 1 N–H and O–H groups in total. The first-order valence-corrected chi connectivity index (χ1v) is 13.3. The van der Waals surface area contributed by atoms with Gasteiger partial charge in [-0.25, -0.2) is 9.79 Å². The number of aliphatic carboxylic acids is 1. The number of azo groups is 1. The van der Waals surface area contributed by atoms with Crippen molar-refractivity contribution in [1.29, 1.82) is 0 Å². The number of carboxylic acids is 1. The van der Waals surface area contributed by atoms with Gasteiger partial charge in [-0.3, -0.25) is 9.78 Å². The highest BCUT2D eigenvalue weighted by molar-refractivity contribution is 6.05. The van der Waals surface area contributed by atoms with Crippen LogP contribution in [0.15, 0.2) is 82.1 Å². The van der Waals surface area contributed by atoms with Crippen molar-refractivity contribution in [3.63, 3.8) is 0 Å². The molecule has 0 aliphatic carbocycles. The fourth-order valence-corrected chi connectivity index (χ4v) is 4.68. The van der Waals surface area contributed by atoms with E-state index in [0.717, 1.165) is 33.5 Å². The molecule has 1 atom stereocenters. The molecule has 202 valence electrons. The smallest absolute Gasteiger partial charge is 0.326 e. The van der Waals surface area contributed by atoms with Gasteiger partial charge < -0.3 is 10.0 Å². The number of carboxylic acid groups (broad SMARTS) is 1. The maximum Gasteiger partial charge on any atom is 0.326 e. The highest BCUT2D eigenvalue weighted by Crippen LogP contribution is 2.30. The zero-order chi connectivity index (χ0) is 27.9. The first-order chi connectivity index (χ1) is 18.7. The van der Waals surface area contributed by atoms with Crippen molar-refractivity contribution in [2.75, 3.05) is 6.67 Å². The van der Waals surface area contributed by atoms with Gasteiger partial charge in [0.25, 0.3) is 0 Å². The Morgan fingerprint density at radius 3 is 2.31 bits per heavy atom. The molecule has 8 nitrogen and oxygen atoms in total. The second-order valence-corrected chi connectivity index (χ2v) is 10.5. The third-order valence-corrected chi connectivity index (χ3v) is 6.75. The van der Waals surface area contributed by atoms with E-state index in [4.69, 9.17) is 4.98 Å². The first kappa shape index (κ1) is 27.8. The molecule has 1 aromatic heterocycles. The molecule has 0 saturated carbocycles. The molecule has 1 aliphatic rings. The van der Waals surface area contributed by atoms with Crippen LogP contribution in [0.1, 0.15) is 51.7 Å². The van der Waals surface area contributed by atoms with Crippen LogP contribution in [0.5, 0.6) is 0 Å². The molecule has 0 unspecified atom stereocenters. The van der Waals surface area contributed by atoms with E-state index in [1.165, 1.54) is 4.90 Å². The van der Waals surface area contributed by atoms with Crippen LogP contribution in [0.3, 0.4) is 0 Å². The number of carbonyl (C=O) groups is 2. The van der Waals surface area contributed by atoms with Gasteiger partial charge in [-0.15, -0.1) is 5.11 Å². The van der Waals surface area contributed by atoms with E-state index in [9.17, 15) is 14.7 Å². The summed E-state index contributed by atoms with van der Waals surface area (Å²) in [6.07, 6.45) is 2.74. The lowest BCUT2D eigenvalue weighted by Gasteiger charge is -2.32. The van der Waals surface area contributed by atoms with Crippen LogP contribution in [0.2, 0.25) is 0 Å². The average Bonchev–Trinajstić information content (AvgIpc) is 3.46. The van der Waals surface area contributed by atoms with Crippen LogP contribution >= 0.6 is 0 Å². The Labute approximate surface area is 229 Å². The van der Waals surface area contributed by atoms with Crippen LogP contribution in [-0.2, 0) is 16.1 Å². The van der Waals surface area contributed by atoms with E-state index < -0.39 is 12.0 Å². The quantitative estimate of drug-likeness (QED) is 0.310. The fourth-order valence-electron chi connectivity index (χ4n) is 4.68. The molecule has 1 amide bonds. The second-order valence-electron chi connectivity index (χ2n) is 10.5. The minimum Gasteiger partial charge on any atom is -0.480 e. The van der Waals surface area contributed by atoms with E-state index in [1.807, 2.05) is 56.3 Å². The molecule has 2 aromatic carbocycles. The van der Waals surface area contributed by atoms with E-state index in [1.54, 1.807) is 6.20 Å². The third kappa shape index (κ3) is 6.82. The number of pyridine rings is 1. The minimum atomic E-state index is -0.999. The number of aromatic nitrogens is 1. The Hall–Kier alpha value is -4.20. The summed E-state index contributed by atoms with van der Waals surface area (Å²) < 4.78 is 0. The van der Waals surface area contributed by atoms with Crippen LogP contribution in [0, 0.1) is 11.8 Å². The number of amides is 1. The predicted molar refractivity (Wildman–Crippen MR) is 152 cm³/mol. The number of aliphatic imine (C=N–C) groups is 1. The Kier molecular flexibility index (Phi) is 8.96. The lowest BCUT2D eigenvalue weighted by molar-refractivity contribution is -0.153. The summed E-state index contributed by atoms with van der Waals surface area (Å²) in [5.74, 6) is -0.470. The van der Waals surface area contributed by atoms with Crippen molar-refractivity contribution < 1.29 is 14.7 Å². The van der Waals surface area contributed by atoms with Gasteiger partial charge >= 0.3 is 5.97 Å². The molecule has 0 radical (unpaired) electrons. The maximum atomic E-state index is 13.2. The molecule has 8 heteroatoms. The molecular formula is C31H35N5O3. The number of amidine groups is 1. The Balaban J connectivity index is 1.67. The topological polar surface area (TPSA) is 108 Å². The molecular weight excluding hydrogens is 490 g/mol. The van der Waals surface area contributed by atoms with Crippen LogP contribution in [0.4, 0.5) is 0 Å². The molecule has 3 aromatic rings. The van der Waals surface area contributed by atoms with Crippen LogP contribution in [-0.4, -0.2) is 45.4 Å². The number of nitrogens with zero attached hydrogens (tertiary/aromatic N) is 5. The number of hydrogen-bond acceptors (Lipinski definition) is 6. The minimum absolute atomic E-state index is 0.156. The summed E-state index contributed by atoms with van der Waals surface area (Å²) in [6.45, 7) is 8.24. The molecule has 0 bridgehead atoms. The number of rotatable bonds is 11. The standard InChI is InChI=1S/C31H35N5O3/c1-20(2)10-15-28(37)36(29(21(3)4)31(38)39)18-22-11-14-27(32-17-22)26-16-24(23-8-6-5-7-9-23)12-13-25(26)30-33-19-34-35-30/h5-9,11-14,16-17,20-21,29H,10,15,18-19H2,1-4H3,(H,38,39)/t29-/m0/s1. The summed E-state index contributed by atoms with van der Waals surface area (Å²) in [5, 5.41) is 18.1.